The second-order valence-electron chi connectivity index (χ2n) is 5.83. The molecule has 1 fully saturated rings. The lowest BCUT2D eigenvalue weighted by Gasteiger charge is -2.12. The number of hydrogen-bond acceptors (Lipinski definition) is 3. The number of nitrogens with one attached hydrogen (secondary N) is 2. The monoisotopic (exact) mass is 275 g/mol. The molecule has 1 saturated carbocycles. The Morgan fingerprint density at radius 2 is 2.15 bits per heavy atom. The van der Waals surface area contributed by atoms with E-state index < -0.39 is 0 Å². The molecule has 0 aromatic carbocycles. The van der Waals surface area contributed by atoms with Crippen LogP contribution in [0.5, 0.6) is 0 Å². The van der Waals surface area contributed by atoms with Crippen molar-refractivity contribution in [1.29, 1.82) is 0 Å². The molecule has 0 saturated heterocycles. The van der Waals surface area contributed by atoms with E-state index in [4.69, 9.17) is 0 Å². The number of hydrogen-bond donors (Lipinski definition) is 2. The Balaban J connectivity index is 2.14. The minimum absolute atomic E-state index is 0.0226. The highest BCUT2D eigenvalue weighted by atomic mass is 16.1. The standard InChI is InChI=1S/C16H25N3O/c1-5-11-7-14(11)19-16(20)12-8-13(10(3)4)18-15(9-12)17-6-2/h8-11,14H,5-7H2,1-4H3,(H,17,18)(H,19,20). The summed E-state index contributed by atoms with van der Waals surface area (Å²) < 4.78 is 0. The molecule has 2 N–H and O–H groups in total. The number of carbonyl (C=O) groups excluding carboxylic acids is 1. The second kappa shape index (κ2) is 6.25. The van der Waals surface area contributed by atoms with Crippen LogP contribution in [0.1, 0.15) is 62.5 Å². The number of rotatable bonds is 6. The van der Waals surface area contributed by atoms with E-state index >= 15 is 0 Å². The lowest BCUT2D eigenvalue weighted by Crippen LogP contribution is -2.27. The van der Waals surface area contributed by atoms with Crippen LogP contribution in [0.25, 0.3) is 0 Å². The summed E-state index contributed by atoms with van der Waals surface area (Å²) in [4.78, 5) is 16.9. The molecule has 1 amide bonds. The number of aromatic nitrogens is 1. The topological polar surface area (TPSA) is 54.0 Å². The number of amides is 1. The highest BCUT2D eigenvalue weighted by Gasteiger charge is 2.36. The van der Waals surface area contributed by atoms with E-state index in [1.54, 1.807) is 0 Å². The van der Waals surface area contributed by atoms with Gasteiger partial charge in [-0.2, -0.15) is 0 Å². The first-order chi connectivity index (χ1) is 9.55. The van der Waals surface area contributed by atoms with Gasteiger partial charge in [-0.05, 0) is 37.3 Å². The van der Waals surface area contributed by atoms with Crippen LogP contribution in [0.3, 0.4) is 0 Å². The molecule has 4 nitrogen and oxygen atoms in total. The molecule has 0 aliphatic heterocycles. The Morgan fingerprint density at radius 3 is 2.70 bits per heavy atom. The Morgan fingerprint density at radius 1 is 1.40 bits per heavy atom. The van der Waals surface area contributed by atoms with Gasteiger partial charge in [0.25, 0.3) is 5.91 Å². The summed E-state index contributed by atoms with van der Waals surface area (Å²) in [6.07, 6.45) is 2.26. The predicted octanol–water partition coefficient (Wildman–Crippen LogP) is 3.17. The maximum absolute atomic E-state index is 12.3. The van der Waals surface area contributed by atoms with E-state index in [0.29, 0.717) is 23.4 Å². The van der Waals surface area contributed by atoms with Crippen LogP contribution < -0.4 is 10.6 Å². The summed E-state index contributed by atoms with van der Waals surface area (Å²) in [5, 5.41) is 6.31. The van der Waals surface area contributed by atoms with Crippen molar-refractivity contribution in [2.24, 2.45) is 5.92 Å². The number of nitrogens with zero attached hydrogens (tertiary/aromatic N) is 1. The summed E-state index contributed by atoms with van der Waals surface area (Å²) in [7, 11) is 0. The molecule has 0 radical (unpaired) electrons. The molecule has 4 heteroatoms. The van der Waals surface area contributed by atoms with Gasteiger partial charge in [-0.3, -0.25) is 4.79 Å². The fourth-order valence-corrected chi connectivity index (χ4v) is 2.38. The molecule has 110 valence electrons. The van der Waals surface area contributed by atoms with E-state index in [1.165, 1.54) is 0 Å². The SMILES string of the molecule is CCNc1cc(C(=O)NC2CC2CC)cc(C(C)C)n1. The van der Waals surface area contributed by atoms with E-state index in [9.17, 15) is 4.79 Å². The zero-order valence-corrected chi connectivity index (χ0v) is 12.9. The van der Waals surface area contributed by atoms with Crippen molar-refractivity contribution >= 4 is 11.7 Å². The van der Waals surface area contributed by atoms with Gasteiger partial charge >= 0.3 is 0 Å². The zero-order chi connectivity index (χ0) is 14.7. The Kier molecular flexibility index (Phi) is 4.63. The molecule has 2 atom stereocenters. The average molecular weight is 275 g/mol. The van der Waals surface area contributed by atoms with Crippen LogP contribution in [0.2, 0.25) is 0 Å². The van der Waals surface area contributed by atoms with Crippen LogP contribution in [0.4, 0.5) is 5.82 Å². The maximum atomic E-state index is 12.3. The first-order valence-corrected chi connectivity index (χ1v) is 7.61. The molecule has 0 bridgehead atoms. The van der Waals surface area contributed by atoms with Crippen LogP contribution in [0.15, 0.2) is 12.1 Å². The molecule has 2 rings (SSSR count). The Hall–Kier alpha value is -1.58. The normalized spacial score (nSPS) is 20.9. The van der Waals surface area contributed by atoms with Gasteiger partial charge in [0.1, 0.15) is 5.82 Å². The zero-order valence-electron chi connectivity index (χ0n) is 12.9. The van der Waals surface area contributed by atoms with Crippen molar-refractivity contribution in [1.82, 2.24) is 10.3 Å². The smallest absolute Gasteiger partial charge is 0.251 e. The molecule has 20 heavy (non-hydrogen) atoms. The number of anilines is 1. The molecule has 0 spiro atoms. The molecular weight excluding hydrogens is 250 g/mol. The van der Waals surface area contributed by atoms with Crippen LogP contribution in [-0.4, -0.2) is 23.5 Å². The van der Waals surface area contributed by atoms with Gasteiger partial charge < -0.3 is 10.6 Å². The van der Waals surface area contributed by atoms with Crippen LogP contribution in [-0.2, 0) is 0 Å². The van der Waals surface area contributed by atoms with E-state index in [-0.39, 0.29) is 5.91 Å². The summed E-state index contributed by atoms with van der Waals surface area (Å²) in [5.41, 5.74) is 1.66. The highest BCUT2D eigenvalue weighted by molar-refractivity contribution is 5.95. The van der Waals surface area contributed by atoms with Crippen molar-refractivity contribution in [2.75, 3.05) is 11.9 Å². The molecule has 2 unspecified atom stereocenters. The van der Waals surface area contributed by atoms with Crippen LogP contribution in [0, 0.1) is 5.92 Å². The van der Waals surface area contributed by atoms with Gasteiger partial charge in [0.2, 0.25) is 0 Å². The molecule has 1 aliphatic carbocycles. The predicted molar refractivity (Wildman–Crippen MR) is 82.1 cm³/mol. The Bertz CT molecular complexity index is 485. The first-order valence-electron chi connectivity index (χ1n) is 7.61. The van der Waals surface area contributed by atoms with Crippen molar-refractivity contribution in [3.8, 4) is 0 Å². The van der Waals surface area contributed by atoms with Crippen molar-refractivity contribution in [2.45, 2.75) is 52.5 Å². The van der Waals surface area contributed by atoms with Gasteiger partial charge in [0, 0.05) is 23.8 Å². The fraction of sp³-hybridized carbons (Fsp3) is 0.625. The third-order valence-electron chi connectivity index (χ3n) is 3.82. The summed E-state index contributed by atoms with van der Waals surface area (Å²) in [6.45, 7) is 9.18. The first kappa shape index (κ1) is 14.8. The van der Waals surface area contributed by atoms with E-state index in [1.807, 2.05) is 19.1 Å². The van der Waals surface area contributed by atoms with Gasteiger partial charge in [0.15, 0.2) is 0 Å². The van der Waals surface area contributed by atoms with Gasteiger partial charge in [-0.1, -0.05) is 27.2 Å². The minimum Gasteiger partial charge on any atom is -0.370 e. The van der Waals surface area contributed by atoms with E-state index in [2.05, 4.69) is 36.4 Å². The third-order valence-corrected chi connectivity index (χ3v) is 3.82. The quantitative estimate of drug-likeness (QED) is 0.838. The average Bonchev–Trinajstić information content (AvgIpc) is 3.17. The highest BCUT2D eigenvalue weighted by Crippen LogP contribution is 2.33. The van der Waals surface area contributed by atoms with Gasteiger partial charge in [0.05, 0.1) is 0 Å². The van der Waals surface area contributed by atoms with Crippen LogP contribution >= 0.6 is 0 Å². The largest absolute Gasteiger partial charge is 0.370 e. The molecule has 1 aliphatic rings. The van der Waals surface area contributed by atoms with Gasteiger partial charge in [-0.15, -0.1) is 0 Å². The van der Waals surface area contributed by atoms with Crippen molar-refractivity contribution in [3.05, 3.63) is 23.4 Å². The van der Waals surface area contributed by atoms with Crippen molar-refractivity contribution in [3.63, 3.8) is 0 Å². The van der Waals surface area contributed by atoms with E-state index in [0.717, 1.165) is 30.9 Å². The number of carbonyl (C=O) groups is 1. The number of pyridine rings is 1. The second-order valence-corrected chi connectivity index (χ2v) is 5.83. The molecule has 1 aromatic heterocycles. The Labute approximate surface area is 121 Å². The minimum atomic E-state index is 0.0226. The summed E-state index contributed by atoms with van der Waals surface area (Å²) in [6, 6.07) is 4.11. The van der Waals surface area contributed by atoms with Gasteiger partial charge in [-0.25, -0.2) is 4.98 Å². The summed E-state index contributed by atoms with van der Waals surface area (Å²) >= 11 is 0. The van der Waals surface area contributed by atoms with Crippen molar-refractivity contribution < 1.29 is 4.79 Å². The molecule has 1 heterocycles. The maximum Gasteiger partial charge on any atom is 0.251 e. The molecule has 1 aromatic rings. The lowest BCUT2D eigenvalue weighted by atomic mass is 10.1. The lowest BCUT2D eigenvalue weighted by molar-refractivity contribution is 0.0949. The third kappa shape index (κ3) is 3.50. The molecular formula is C16H25N3O. The fourth-order valence-electron chi connectivity index (χ4n) is 2.38. The summed E-state index contributed by atoms with van der Waals surface area (Å²) in [5.74, 6) is 1.78.